The van der Waals surface area contributed by atoms with Crippen LogP contribution in [0.1, 0.15) is 40.9 Å². The lowest BCUT2D eigenvalue weighted by Crippen LogP contribution is -2.31. The Kier molecular flexibility index (Phi) is 7.30. The van der Waals surface area contributed by atoms with Crippen molar-refractivity contribution in [3.8, 4) is 0 Å². The maximum absolute atomic E-state index is 13.7. The number of fused-ring (bicyclic) bond motifs is 1. The Labute approximate surface area is 210 Å². The van der Waals surface area contributed by atoms with Gasteiger partial charge in [-0.2, -0.15) is 4.31 Å². The first-order valence-electron chi connectivity index (χ1n) is 11.4. The highest BCUT2D eigenvalue weighted by molar-refractivity contribution is 7.89. The van der Waals surface area contributed by atoms with Gasteiger partial charge in [0.1, 0.15) is 0 Å². The molecule has 0 aliphatic carbocycles. The van der Waals surface area contributed by atoms with Gasteiger partial charge in [-0.25, -0.2) is 13.4 Å². The van der Waals surface area contributed by atoms with Crippen molar-refractivity contribution in [3.05, 3.63) is 83.2 Å². The summed E-state index contributed by atoms with van der Waals surface area (Å²) in [5.74, 6) is -0.255. The predicted octanol–water partition coefficient (Wildman–Crippen LogP) is 5.19. The van der Waals surface area contributed by atoms with Crippen molar-refractivity contribution in [2.24, 2.45) is 0 Å². The van der Waals surface area contributed by atoms with E-state index in [0.29, 0.717) is 30.3 Å². The largest absolute Gasteiger partial charge is 0.279 e. The van der Waals surface area contributed by atoms with Crippen LogP contribution in [-0.4, -0.2) is 41.7 Å². The number of pyridine rings is 1. The average Bonchev–Trinajstić information content (AvgIpc) is 3.27. The van der Waals surface area contributed by atoms with E-state index in [1.54, 1.807) is 43.3 Å². The van der Waals surface area contributed by atoms with E-state index in [4.69, 9.17) is 4.98 Å². The number of benzene rings is 2. The number of carbonyl (C=O) groups excluding carboxylic acids is 1. The molecular formula is C26H28N4O3S2. The van der Waals surface area contributed by atoms with Gasteiger partial charge in [-0.3, -0.25) is 14.7 Å². The number of aryl methyl sites for hydroxylation is 2. The number of hydrogen-bond acceptors (Lipinski definition) is 6. The normalized spacial score (nSPS) is 11.8. The topological polar surface area (TPSA) is 83.5 Å². The minimum absolute atomic E-state index is 0.169. The molecule has 0 N–H and O–H groups in total. The molecule has 0 atom stereocenters. The highest BCUT2D eigenvalue weighted by Gasteiger charge is 2.25. The molecular weight excluding hydrogens is 480 g/mol. The molecule has 0 unspecified atom stereocenters. The van der Waals surface area contributed by atoms with Crippen LogP contribution in [0.15, 0.2) is 65.8 Å². The van der Waals surface area contributed by atoms with Crippen LogP contribution < -0.4 is 4.90 Å². The van der Waals surface area contributed by atoms with Gasteiger partial charge in [0.2, 0.25) is 10.0 Å². The Morgan fingerprint density at radius 2 is 1.74 bits per heavy atom. The first-order valence-corrected chi connectivity index (χ1v) is 13.7. The molecule has 7 nitrogen and oxygen atoms in total. The molecule has 4 aromatic rings. The van der Waals surface area contributed by atoms with E-state index in [1.165, 1.54) is 27.8 Å². The predicted molar refractivity (Wildman–Crippen MR) is 140 cm³/mol. The monoisotopic (exact) mass is 508 g/mol. The molecule has 0 aliphatic heterocycles. The molecule has 35 heavy (non-hydrogen) atoms. The summed E-state index contributed by atoms with van der Waals surface area (Å²) in [6, 6.07) is 14.0. The number of aromatic nitrogens is 2. The number of sulfonamides is 1. The summed E-state index contributed by atoms with van der Waals surface area (Å²) in [7, 11) is -3.60. The fourth-order valence-corrected chi connectivity index (χ4v) is 6.49. The molecule has 182 valence electrons. The van der Waals surface area contributed by atoms with Crippen molar-refractivity contribution in [2.45, 2.75) is 39.1 Å². The molecule has 0 spiro atoms. The summed E-state index contributed by atoms with van der Waals surface area (Å²) in [5.41, 5.74) is 4.34. The lowest BCUT2D eigenvalue weighted by molar-refractivity contribution is 0.0985. The Morgan fingerprint density at radius 3 is 2.37 bits per heavy atom. The fourth-order valence-electron chi connectivity index (χ4n) is 4.02. The van der Waals surface area contributed by atoms with Gasteiger partial charge in [0.25, 0.3) is 5.91 Å². The summed E-state index contributed by atoms with van der Waals surface area (Å²) >= 11 is 1.47. The molecule has 0 fully saturated rings. The van der Waals surface area contributed by atoms with Crippen molar-refractivity contribution in [3.63, 3.8) is 0 Å². The molecule has 0 saturated heterocycles. The van der Waals surface area contributed by atoms with Crippen LogP contribution in [0.2, 0.25) is 0 Å². The molecule has 0 radical (unpaired) electrons. The number of thiazole rings is 1. The first kappa shape index (κ1) is 25.0. The second-order valence-corrected chi connectivity index (χ2v) is 11.2. The lowest BCUT2D eigenvalue weighted by Gasteiger charge is -2.21. The summed E-state index contributed by atoms with van der Waals surface area (Å²) in [6.45, 7) is 8.73. The average molecular weight is 509 g/mol. The molecule has 0 aliphatic rings. The van der Waals surface area contributed by atoms with Gasteiger partial charge >= 0.3 is 0 Å². The minimum Gasteiger partial charge on any atom is -0.279 e. The van der Waals surface area contributed by atoms with Crippen LogP contribution in [-0.2, 0) is 16.6 Å². The third-order valence-electron chi connectivity index (χ3n) is 5.79. The van der Waals surface area contributed by atoms with Gasteiger partial charge < -0.3 is 0 Å². The second-order valence-electron chi connectivity index (χ2n) is 8.29. The summed E-state index contributed by atoms with van der Waals surface area (Å²) in [4.78, 5) is 24.5. The van der Waals surface area contributed by atoms with Crippen molar-refractivity contribution in [2.75, 3.05) is 18.0 Å². The SMILES string of the molecule is CCN(CC)S(=O)(=O)c1ccc(C(=O)N(Cc2cccnc2)c2nc3cc(C)cc(C)c3s2)cc1. The van der Waals surface area contributed by atoms with Crippen molar-refractivity contribution >= 4 is 42.6 Å². The number of carbonyl (C=O) groups is 1. The number of hydrogen-bond donors (Lipinski definition) is 0. The molecule has 1 amide bonds. The van der Waals surface area contributed by atoms with Crippen molar-refractivity contribution in [1.82, 2.24) is 14.3 Å². The quantitative estimate of drug-likeness (QED) is 0.327. The fraction of sp³-hybridized carbons (Fsp3) is 0.269. The van der Waals surface area contributed by atoms with E-state index in [9.17, 15) is 13.2 Å². The number of rotatable bonds is 8. The third-order valence-corrected chi connectivity index (χ3v) is 9.09. The smallest absolute Gasteiger partial charge is 0.260 e. The Morgan fingerprint density at radius 1 is 1.03 bits per heavy atom. The van der Waals surface area contributed by atoms with Gasteiger partial charge in [0.05, 0.1) is 21.7 Å². The molecule has 4 rings (SSSR count). The highest BCUT2D eigenvalue weighted by atomic mass is 32.2. The number of amides is 1. The lowest BCUT2D eigenvalue weighted by atomic mass is 10.1. The van der Waals surface area contributed by atoms with Crippen molar-refractivity contribution in [1.29, 1.82) is 0 Å². The van der Waals surface area contributed by atoms with Gasteiger partial charge in [-0.1, -0.05) is 37.3 Å². The van der Waals surface area contributed by atoms with E-state index < -0.39 is 10.0 Å². The zero-order valence-corrected chi connectivity index (χ0v) is 21.9. The minimum atomic E-state index is -3.60. The zero-order chi connectivity index (χ0) is 25.2. The van der Waals surface area contributed by atoms with Crippen LogP contribution >= 0.6 is 11.3 Å². The maximum Gasteiger partial charge on any atom is 0.260 e. The molecule has 2 heterocycles. The van der Waals surface area contributed by atoms with E-state index in [1.807, 2.05) is 32.0 Å². The van der Waals surface area contributed by atoms with Gasteiger partial charge in [0.15, 0.2) is 5.13 Å². The second kappa shape index (κ2) is 10.2. The molecule has 0 bridgehead atoms. The zero-order valence-electron chi connectivity index (χ0n) is 20.2. The van der Waals surface area contributed by atoms with E-state index in [2.05, 4.69) is 11.1 Å². The molecule has 2 aromatic carbocycles. The van der Waals surface area contributed by atoms with Gasteiger partial charge in [-0.05, 0) is 66.9 Å². The summed E-state index contributed by atoms with van der Waals surface area (Å²) in [5, 5.41) is 0.586. The standard InChI is InChI=1S/C26H28N4O3S2/c1-5-29(6-2)35(32,33)22-11-9-21(10-12-22)25(31)30(17-20-8-7-13-27-16-20)26-28-23-15-18(3)14-19(4)24(23)34-26/h7-16H,5-6,17H2,1-4H3. The highest BCUT2D eigenvalue weighted by Crippen LogP contribution is 2.33. The van der Waals surface area contributed by atoms with Crippen LogP contribution in [0.25, 0.3) is 10.2 Å². The van der Waals surface area contributed by atoms with Crippen LogP contribution in [0.3, 0.4) is 0 Å². The van der Waals surface area contributed by atoms with Gasteiger partial charge in [-0.15, -0.1) is 0 Å². The molecule has 0 saturated carbocycles. The molecule has 9 heteroatoms. The van der Waals surface area contributed by atoms with E-state index in [-0.39, 0.29) is 10.8 Å². The maximum atomic E-state index is 13.7. The Bertz CT molecular complexity index is 1450. The summed E-state index contributed by atoms with van der Waals surface area (Å²) < 4.78 is 28.1. The third kappa shape index (κ3) is 5.12. The Balaban J connectivity index is 1.73. The van der Waals surface area contributed by atoms with E-state index >= 15 is 0 Å². The first-order chi connectivity index (χ1) is 16.7. The molecule has 2 aromatic heterocycles. The Hall–Kier alpha value is -3.14. The van der Waals surface area contributed by atoms with Crippen LogP contribution in [0, 0.1) is 13.8 Å². The summed E-state index contributed by atoms with van der Waals surface area (Å²) in [6.07, 6.45) is 3.41. The van der Waals surface area contributed by atoms with Crippen LogP contribution in [0.4, 0.5) is 5.13 Å². The van der Waals surface area contributed by atoms with E-state index in [0.717, 1.165) is 26.9 Å². The number of anilines is 1. The number of nitrogens with zero attached hydrogens (tertiary/aromatic N) is 4. The van der Waals surface area contributed by atoms with Gasteiger partial charge in [0, 0.05) is 31.0 Å². The van der Waals surface area contributed by atoms with Crippen LogP contribution in [0.5, 0.6) is 0 Å². The van der Waals surface area contributed by atoms with Crippen molar-refractivity contribution < 1.29 is 13.2 Å².